The Hall–Kier alpha value is -1.85. The molecular formula is C19H23Cl2N3O5S2. The lowest BCUT2D eigenvalue weighted by atomic mass is 10.3. The van der Waals surface area contributed by atoms with Gasteiger partial charge in [0, 0.05) is 23.8 Å². The molecule has 1 N–H and O–H groups in total. The Bertz CT molecular complexity index is 1150. The van der Waals surface area contributed by atoms with Crippen molar-refractivity contribution in [1.29, 1.82) is 0 Å². The van der Waals surface area contributed by atoms with Crippen LogP contribution in [0.4, 0.5) is 11.4 Å². The summed E-state index contributed by atoms with van der Waals surface area (Å²) in [4.78, 5) is 12.6. The molecule has 0 aliphatic heterocycles. The molecule has 0 aliphatic carbocycles. The zero-order chi connectivity index (χ0) is 23.4. The Morgan fingerprint density at radius 3 is 2.06 bits per heavy atom. The van der Waals surface area contributed by atoms with Gasteiger partial charge in [-0.15, -0.1) is 0 Å². The SMILES string of the molecule is CCN(CC)S(=O)(=O)c1ccc(NC(=O)CN(c2cc(Cl)ccc2Cl)S(C)(=O)=O)cc1. The third-order valence-electron chi connectivity index (χ3n) is 4.35. The molecule has 8 nitrogen and oxygen atoms in total. The normalized spacial score (nSPS) is 12.1. The van der Waals surface area contributed by atoms with E-state index in [0.29, 0.717) is 18.8 Å². The molecule has 170 valence electrons. The number of carbonyl (C=O) groups is 1. The fourth-order valence-corrected chi connectivity index (χ4v) is 5.57. The highest BCUT2D eigenvalue weighted by molar-refractivity contribution is 7.92. The summed E-state index contributed by atoms with van der Waals surface area (Å²) < 4.78 is 51.7. The van der Waals surface area contributed by atoms with Crippen LogP contribution in [-0.4, -0.2) is 52.9 Å². The number of halogens is 2. The zero-order valence-corrected chi connectivity index (χ0v) is 20.3. The van der Waals surface area contributed by atoms with Gasteiger partial charge in [-0.3, -0.25) is 9.10 Å². The van der Waals surface area contributed by atoms with E-state index in [-0.39, 0.29) is 20.6 Å². The van der Waals surface area contributed by atoms with Crippen molar-refractivity contribution in [3.8, 4) is 0 Å². The van der Waals surface area contributed by atoms with Crippen LogP contribution >= 0.6 is 23.2 Å². The lowest BCUT2D eigenvalue weighted by molar-refractivity contribution is -0.114. The molecular weight excluding hydrogens is 485 g/mol. The number of hydrogen-bond donors (Lipinski definition) is 1. The third-order valence-corrected chi connectivity index (χ3v) is 8.09. The molecule has 31 heavy (non-hydrogen) atoms. The lowest BCUT2D eigenvalue weighted by Crippen LogP contribution is -2.37. The van der Waals surface area contributed by atoms with Crippen LogP contribution in [0.5, 0.6) is 0 Å². The monoisotopic (exact) mass is 507 g/mol. The fourth-order valence-electron chi connectivity index (χ4n) is 2.81. The van der Waals surface area contributed by atoms with Gasteiger partial charge in [0.1, 0.15) is 6.54 Å². The summed E-state index contributed by atoms with van der Waals surface area (Å²) in [5, 5.41) is 2.94. The van der Waals surface area contributed by atoms with E-state index in [2.05, 4.69) is 5.32 Å². The van der Waals surface area contributed by atoms with E-state index in [0.717, 1.165) is 10.6 Å². The summed E-state index contributed by atoms with van der Waals surface area (Å²) in [5.74, 6) is -0.638. The van der Waals surface area contributed by atoms with Crippen molar-refractivity contribution in [2.75, 3.05) is 35.5 Å². The van der Waals surface area contributed by atoms with Crippen LogP contribution < -0.4 is 9.62 Å². The Labute approximate surface area is 192 Å². The predicted molar refractivity (Wildman–Crippen MR) is 124 cm³/mol. The average Bonchev–Trinajstić information content (AvgIpc) is 2.68. The molecule has 2 aromatic carbocycles. The molecule has 1 amide bonds. The second-order valence-electron chi connectivity index (χ2n) is 6.53. The van der Waals surface area contributed by atoms with Gasteiger partial charge in [0.2, 0.25) is 26.0 Å². The van der Waals surface area contributed by atoms with Gasteiger partial charge >= 0.3 is 0 Å². The lowest BCUT2D eigenvalue weighted by Gasteiger charge is -2.23. The standard InChI is InChI=1S/C19H23Cl2N3O5S2/c1-4-23(5-2)31(28,29)16-9-7-15(8-10-16)22-19(25)13-24(30(3,26)27)18-12-14(20)6-11-17(18)21/h6-12H,4-5,13H2,1-3H3,(H,22,25). The summed E-state index contributed by atoms with van der Waals surface area (Å²) in [6.45, 7) is 3.62. The highest BCUT2D eigenvalue weighted by Crippen LogP contribution is 2.30. The number of carbonyl (C=O) groups excluding carboxylic acids is 1. The first-order chi connectivity index (χ1) is 14.4. The highest BCUT2D eigenvalue weighted by Gasteiger charge is 2.24. The van der Waals surface area contributed by atoms with Crippen molar-refractivity contribution in [3.63, 3.8) is 0 Å². The molecule has 0 saturated carbocycles. The largest absolute Gasteiger partial charge is 0.325 e. The first-order valence-electron chi connectivity index (χ1n) is 9.23. The summed E-state index contributed by atoms with van der Waals surface area (Å²) in [5.41, 5.74) is 0.390. The Balaban J connectivity index is 2.21. The van der Waals surface area contributed by atoms with E-state index in [1.54, 1.807) is 13.8 Å². The second-order valence-corrected chi connectivity index (χ2v) is 11.2. The van der Waals surface area contributed by atoms with E-state index in [4.69, 9.17) is 23.2 Å². The maximum absolute atomic E-state index is 12.5. The topological polar surface area (TPSA) is 104 Å². The summed E-state index contributed by atoms with van der Waals surface area (Å²) in [7, 11) is -7.47. The molecule has 2 aromatic rings. The van der Waals surface area contributed by atoms with Crippen LogP contribution in [0.15, 0.2) is 47.4 Å². The third kappa shape index (κ3) is 6.33. The first-order valence-corrected chi connectivity index (χ1v) is 13.3. The molecule has 0 bridgehead atoms. The molecule has 0 spiro atoms. The molecule has 0 heterocycles. The second kappa shape index (κ2) is 10.2. The maximum Gasteiger partial charge on any atom is 0.245 e. The molecule has 12 heteroatoms. The number of hydrogen-bond acceptors (Lipinski definition) is 5. The van der Waals surface area contributed by atoms with Crippen molar-refractivity contribution < 1.29 is 21.6 Å². The molecule has 0 saturated heterocycles. The van der Waals surface area contributed by atoms with Gasteiger partial charge in [-0.05, 0) is 42.5 Å². The maximum atomic E-state index is 12.5. The van der Waals surface area contributed by atoms with Gasteiger partial charge in [-0.2, -0.15) is 4.31 Å². The van der Waals surface area contributed by atoms with Gasteiger partial charge in [-0.25, -0.2) is 16.8 Å². The van der Waals surface area contributed by atoms with Gasteiger partial charge in [0.05, 0.1) is 21.9 Å². The Morgan fingerprint density at radius 2 is 1.55 bits per heavy atom. The molecule has 0 fully saturated rings. The van der Waals surface area contributed by atoms with E-state index < -0.39 is 32.5 Å². The van der Waals surface area contributed by atoms with Crippen LogP contribution in [0.1, 0.15) is 13.8 Å². The van der Waals surface area contributed by atoms with E-state index in [1.807, 2.05) is 0 Å². The summed E-state index contributed by atoms with van der Waals surface area (Å²) in [6.07, 6.45) is 0.949. The van der Waals surface area contributed by atoms with Crippen LogP contribution in [0, 0.1) is 0 Å². The number of rotatable bonds is 9. The number of benzene rings is 2. The van der Waals surface area contributed by atoms with Crippen LogP contribution in [0.3, 0.4) is 0 Å². The van der Waals surface area contributed by atoms with E-state index in [9.17, 15) is 21.6 Å². The van der Waals surface area contributed by atoms with Crippen molar-refractivity contribution in [1.82, 2.24) is 4.31 Å². The zero-order valence-electron chi connectivity index (χ0n) is 17.2. The minimum Gasteiger partial charge on any atom is -0.325 e. The molecule has 0 atom stereocenters. The van der Waals surface area contributed by atoms with Crippen LogP contribution in [0.2, 0.25) is 10.0 Å². The quantitative estimate of drug-likeness (QED) is 0.559. The number of nitrogens with zero attached hydrogens (tertiary/aromatic N) is 2. The minimum atomic E-state index is -3.84. The van der Waals surface area contributed by atoms with Gasteiger partial charge < -0.3 is 5.32 Å². The molecule has 0 aliphatic rings. The Morgan fingerprint density at radius 1 is 0.968 bits per heavy atom. The minimum absolute atomic E-state index is 0.0764. The molecule has 2 rings (SSSR count). The molecule has 0 radical (unpaired) electrons. The van der Waals surface area contributed by atoms with Gasteiger partial charge in [0.25, 0.3) is 0 Å². The smallest absolute Gasteiger partial charge is 0.245 e. The Kier molecular flexibility index (Phi) is 8.34. The van der Waals surface area contributed by atoms with E-state index >= 15 is 0 Å². The van der Waals surface area contributed by atoms with Crippen LogP contribution in [0.25, 0.3) is 0 Å². The number of anilines is 2. The average molecular weight is 508 g/mol. The summed E-state index contributed by atoms with van der Waals surface area (Å²) in [6, 6.07) is 9.92. The summed E-state index contributed by atoms with van der Waals surface area (Å²) >= 11 is 12.0. The number of sulfonamides is 2. The molecule has 0 unspecified atom stereocenters. The number of nitrogens with one attached hydrogen (secondary N) is 1. The van der Waals surface area contributed by atoms with E-state index in [1.165, 1.54) is 46.8 Å². The first kappa shape index (κ1) is 25.4. The van der Waals surface area contributed by atoms with Crippen molar-refractivity contribution in [3.05, 3.63) is 52.5 Å². The van der Waals surface area contributed by atoms with Crippen molar-refractivity contribution in [2.24, 2.45) is 0 Å². The van der Waals surface area contributed by atoms with Gasteiger partial charge in [-0.1, -0.05) is 37.0 Å². The fraction of sp³-hybridized carbons (Fsp3) is 0.316. The predicted octanol–water partition coefficient (Wildman–Crippen LogP) is 3.43. The molecule has 0 aromatic heterocycles. The van der Waals surface area contributed by atoms with Gasteiger partial charge in [0.15, 0.2) is 0 Å². The van der Waals surface area contributed by atoms with Crippen molar-refractivity contribution >= 4 is 60.5 Å². The highest BCUT2D eigenvalue weighted by atomic mass is 35.5. The van der Waals surface area contributed by atoms with Crippen LogP contribution in [-0.2, 0) is 24.8 Å². The number of amides is 1. The van der Waals surface area contributed by atoms with Crippen molar-refractivity contribution in [2.45, 2.75) is 18.7 Å².